The molecule has 2 atom stereocenters. The number of nitrogens with zero attached hydrogens (tertiary/aromatic N) is 3. The Bertz CT molecular complexity index is 943. The third kappa shape index (κ3) is 1.98. The van der Waals surface area contributed by atoms with Crippen LogP contribution in [-0.4, -0.2) is 53.4 Å². The molecule has 0 spiro atoms. The number of halogens is 1. The predicted molar refractivity (Wildman–Crippen MR) is 92.8 cm³/mol. The van der Waals surface area contributed by atoms with Crippen molar-refractivity contribution < 1.29 is 9.52 Å². The minimum atomic E-state index is 0.0209. The number of aromatic nitrogens is 2. The van der Waals surface area contributed by atoms with Crippen molar-refractivity contribution in [2.75, 3.05) is 36.5 Å². The van der Waals surface area contributed by atoms with Crippen LogP contribution in [0.25, 0.3) is 22.1 Å². The van der Waals surface area contributed by atoms with Gasteiger partial charge in [-0.1, -0.05) is 11.6 Å². The molecule has 2 aromatic heterocycles. The minimum absolute atomic E-state index is 0.0209. The fraction of sp³-hybridized carbons (Fsp3) is 0.375. The Morgan fingerprint density at radius 3 is 3.04 bits per heavy atom. The lowest BCUT2D eigenvalue weighted by Crippen LogP contribution is -2.78. The lowest BCUT2D eigenvalue weighted by atomic mass is 9.89. The maximum atomic E-state index is 9.06. The normalized spacial score (nSPS) is 22.3. The zero-order chi connectivity index (χ0) is 16.3. The summed E-state index contributed by atoms with van der Waals surface area (Å²) in [6.07, 6.45) is 0. The molecule has 2 fully saturated rings. The molecule has 0 bridgehead atoms. The number of hydrogen-bond donors (Lipinski definition) is 3. The van der Waals surface area contributed by atoms with Crippen molar-refractivity contribution in [1.82, 2.24) is 15.3 Å². The van der Waals surface area contributed by atoms with E-state index in [2.05, 4.69) is 25.5 Å². The van der Waals surface area contributed by atoms with E-state index in [-0.39, 0.29) is 6.61 Å². The Hall–Kier alpha value is -2.09. The zero-order valence-electron chi connectivity index (χ0n) is 12.8. The van der Waals surface area contributed by atoms with Crippen molar-refractivity contribution in [3.63, 3.8) is 0 Å². The Kier molecular flexibility index (Phi) is 3.09. The first-order valence-corrected chi connectivity index (χ1v) is 8.37. The summed E-state index contributed by atoms with van der Waals surface area (Å²) < 4.78 is 6.04. The first kappa shape index (κ1) is 14.3. The molecule has 5 rings (SSSR count). The number of fused-ring (bicyclic) bond motifs is 4. The molecule has 3 aromatic rings. The topological polar surface area (TPSA) is 86.5 Å². The Balaban J connectivity index is 1.71. The molecule has 0 amide bonds. The Labute approximate surface area is 142 Å². The average molecular weight is 346 g/mol. The molecule has 24 heavy (non-hydrogen) atoms. The van der Waals surface area contributed by atoms with E-state index in [4.69, 9.17) is 21.1 Å². The van der Waals surface area contributed by atoms with E-state index in [1.807, 2.05) is 12.1 Å². The predicted octanol–water partition coefficient (Wildman–Crippen LogP) is 1.59. The van der Waals surface area contributed by atoms with Gasteiger partial charge in [0.25, 0.3) is 0 Å². The van der Waals surface area contributed by atoms with Gasteiger partial charge in [0.2, 0.25) is 5.95 Å². The zero-order valence-corrected chi connectivity index (χ0v) is 13.5. The van der Waals surface area contributed by atoms with Gasteiger partial charge in [0.1, 0.15) is 11.1 Å². The van der Waals surface area contributed by atoms with Crippen molar-refractivity contribution in [2.24, 2.45) is 0 Å². The molecule has 8 heteroatoms. The molecule has 0 saturated carbocycles. The second kappa shape index (κ2) is 5.20. The fourth-order valence-electron chi connectivity index (χ4n) is 3.40. The molecular formula is C16H16ClN5O2. The Morgan fingerprint density at radius 1 is 1.42 bits per heavy atom. The number of aliphatic hydroxyl groups excluding tert-OH is 1. The summed E-state index contributed by atoms with van der Waals surface area (Å²) in [6.45, 7) is 2.29. The first-order valence-electron chi connectivity index (χ1n) is 7.99. The molecule has 2 aliphatic rings. The minimum Gasteiger partial charge on any atom is -0.450 e. The maximum absolute atomic E-state index is 9.06. The van der Waals surface area contributed by atoms with Crippen LogP contribution in [0.15, 0.2) is 22.6 Å². The molecule has 2 saturated heterocycles. The number of hydrogen-bond acceptors (Lipinski definition) is 7. The highest BCUT2D eigenvalue weighted by Crippen LogP contribution is 2.39. The van der Waals surface area contributed by atoms with Crippen molar-refractivity contribution in [3.05, 3.63) is 23.2 Å². The van der Waals surface area contributed by atoms with E-state index < -0.39 is 0 Å². The molecular weight excluding hydrogens is 330 g/mol. The van der Waals surface area contributed by atoms with Gasteiger partial charge < -0.3 is 25.1 Å². The average Bonchev–Trinajstić information content (AvgIpc) is 2.93. The van der Waals surface area contributed by atoms with Gasteiger partial charge in [0, 0.05) is 36.1 Å². The van der Waals surface area contributed by atoms with Crippen LogP contribution in [0.2, 0.25) is 5.02 Å². The third-order valence-electron chi connectivity index (χ3n) is 4.77. The molecule has 3 N–H and O–H groups in total. The van der Waals surface area contributed by atoms with Crippen molar-refractivity contribution in [2.45, 2.75) is 12.1 Å². The number of piperazine rings is 1. The molecule has 124 valence electrons. The second-order valence-corrected chi connectivity index (χ2v) is 6.61. The molecule has 1 aromatic carbocycles. The van der Waals surface area contributed by atoms with Crippen LogP contribution in [0.3, 0.4) is 0 Å². The highest BCUT2D eigenvalue weighted by molar-refractivity contribution is 6.31. The van der Waals surface area contributed by atoms with E-state index >= 15 is 0 Å². The molecule has 0 radical (unpaired) electrons. The highest BCUT2D eigenvalue weighted by atomic mass is 35.5. The lowest BCUT2D eigenvalue weighted by molar-refractivity contribution is 0.212. The summed E-state index contributed by atoms with van der Waals surface area (Å²) in [5, 5.41) is 17.0. The smallest absolute Gasteiger partial charge is 0.225 e. The van der Waals surface area contributed by atoms with Crippen LogP contribution in [0.4, 0.5) is 11.8 Å². The molecule has 4 heterocycles. The van der Waals surface area contributed by atoms with E-state index in [0.29, 0.717) is 35.2 Å². The lowest BCUT2D eigenvalue weighted by Gasteiger charge is -2.56. The van der Waals surface area contributed by atoms with Gasteiger partial charge in [0.05, 0.1) is 12.6 Å². The number of benzene rings is 1. The van der Waals surface area contributed by atoms with Gasteiger partial charge >= 0.3 is 0 Å². The summed E-state index contributed by atoms with van der Waals surface area (Å²) in [5.41, 5.74) is 2.17. The number of nitrogens with one attached hydrogen (secondary N) is 2. The summed E-state index contributed by atoms with van der Waals surface area (Å²) in [7, 11) is 0. The second-order valence-electron chi connectivity index (χ2n) is 6.18. The number of furan rings is 1. The number of aliphatic hydroxyl groups is 1. The molecule has 7 nitrogen and oxygen atoms in total. The van der Waals surface area contributed by atoms with Crippen LogP contribution in [0, 0.1) is 0 Å². The fourth-order valence-corrected chi connectivity index (χ4v) is 3.57. The van der Waals surface area contributed by atoms with Crippen LogP contribution in [0.1, 0.15) is 0 Å². The molecule has 2 aliphatic heterocycles. The summed E-state index contributed by atoms with van der Waals surface area (Å²) in [4.78, 5) is 11.5. The number of rotatable bonds is 4. The van der Waals surface area contributed by atoms with Gasteiger partial charge in [-0.05, 0) is 18.2 Å². The summed E-state index contributed by atoms with van der Waals surface area (Å²) in [6, 6.07) is 6.53. The van der Waals surface area contributed by atoms with Crippen molar-refractivity contribution in [3.8, 4) is 0 Å². The quantitative estimate of drug-likeness (QED) is 0.662. The third-order valence-corrected chi connectivity index (χ3v) is 5.01. The van der Waals surface area contributed by atoms with Crippen LogP contribution in [-0.2, 0) is 0 Å². The monoisotopic (exact) mass is 345 g/mol. The van der Waals surface area contributed by atoms with E-state index in [1.54, 1.807) is 6.07 Å². The van der Waals surface area contributed by atoms with E-state index in [1.165, 1.54) is 0 Å². The largest absolute Gasteiger partial charge is 0.450 e. The summed E-state index contributed by atoms with van der Waals surface area (Å²) in [5.74, 6) is 1.29. The van der Waals surface area contributed by atoms with Crippen LogP contribution >= 0.6 is 11.6 Å². The van der Waals surface area contributed by atoms with E-state index in [9.17, 15) is 0 Å². The maximum Gasteiger partial charge on any atom is 0.225 e. The highest BCUT2D eigenvalue weighted by Gasteiger charge is 2.47. The van der Waals surface area contributed by atoms with Gasteiger partial charge in [-0.3, -0.25) is 0 Å². The van der Waals surface area contributed by atoms with Crippen molar-refractivity contribution in [1.29, 1.82) is 0 Å². The molecule has 0 aliphatic carbocycles. The van der Waals surface area contributed by atoms with Gasteiger partial charge in [0.15, 0.2) is 11.4 Å². The van der Waals surface area contributed by atoms with Gasteiger partial charge in [-0.25, -0.2) is 4.98 Å². The van der Waals surface area contributed by atoms with Crippen LogP contribution < -0.4 is 15.5 Å². The van der Waals surface area contributed by atoms with Gasteiger partial charge in [-0.15, -0.1) is 0 Å². The van der Waals surface area contributed by atoms with E-state index in [0.717, 1.165) is 35.4 Å². The molecule has 2 unspecified atom stereocenters. The SMILES string of the molecule is OCCNc1nc(N2CC3NCC32)c2oc3ccc(Cl)cc3c2n1. The first-order chi connectivity index (χ1) is 11.7. The Morgan fingerprint density at radius 2 is 2.33 bits per heavy atom. The standard InChI is InChI=1S/C16H16ClN5O2/c17-8-1-2-12-9(5-8)13-14(24-12)15(21-16(20-13)18-3-4-23)22-7-10-11(22)6-19-10/h1-2,5,10-11,19,23H,3-4,6-7H2,(H,18,20,21). The summed E-state index contributed by atoms with van der Waals surface area (Å²) >= 11 is 6.14. The van der Waals surface area contributed by atoms with Crippen LogP contribution in [0.5, 0.6) is 0 Å². The number of anilines is 2. The van der Waals surface area contributed by atoms with Crippen molar-refractivity contribution >= 4 is 45.4 Å². The van der Waals surface area contributed by atoms with Gasteiger partial charge in [-0.2, -0.15) is 4.98 Å².